The predicted molar refractivity (Wildman–Crippen MR) is 22.5 cm³/mol. The number of hydrogen-bond donors (Lipinski definition) is 0. The van der Waals surface area contributed by atoms with E-state index in [1.165, 1.54) is 0 Å². The maximum Gasteiger partial charge on any atom is 1.00 e. The normalized spacial score (nSPS) is 10.0. The van der Waals surface area contributed by atoms with Crippen LogP contribution in [0.15, 0.2) is 0 Å². The van der Waals surface area contributed by atoms with Gasteiger partial charge in [-0.1, -0.05) is 0 Å². The Labute approximate surface area is 71.2 Å². The standard InChI is InChI=1S/C2H5FO3P.Na.H/c1-2-5-7(4)6-3;;/h2H2,1H3;;/q2*+1;-1. The van der Waals surface area contributed by atoms with E-state index in [2.05, 4.69) is 9.25 Å². The molecule has 1 unspecified atom stereocenters. The molecule has 0 saturated carbocycles. The van der Waals surface area contributed by atoms with E-state index in [1.807, 2.05) is 0 Å². The molecule has 0 aromatic rings. The molecule has 0 aliphatic heterocycles. The van der Waals surface area contributed by atoms with Gasteiger partial charge in [0.1, 0.15) is 11.3 Å². The molecule has 0 fully saturated rings. The van der Waals surface area contributed by atoms with Gasteiger partial charge in [-0.05, 0) is 6.92 Å². The van der Waals surface area contributed by atoms with Gasteiger partial charge in [0.05, 0.1) is 0 Å². The quantitative estimate of drug-likeness (QED) is 0.371. The van der Waals surface area contributed by atoms with Crippen LogP contribution in [0, 0.1) is 0 Å². The first-order valence-corrected chi connectivity index (χ1v) is 2.79. The largest absolute Gasteiger partial charge is 1.00 e. The zero-order valence-electron chi connectivity index (χ0n) is 5.76. The minimum Gasteiger partial charge on any atom is -1.00 e. The number of hydrogen-bond acceptors (Lipinski definition) is 3. The third-order valence-electron chi connectivity index (χ3n) is 0.291. The molecule has 0 heterocycles. The Morgan fingerprint density at radius 3 is 2.50 bits per heavy atom. The summed E-state index contributed by atoms with van der Waals surface area (Å²) in [6, 6.07) is 0. The summed E-state index contributed by atoms with van der Waals surface area (Å²) < 4.78 is 27.3. The molecule has 1 atom stereocenters. The van der Waals surface area contributed by atoms with Crippen molar-refractivity contribution in [3.63, 3.8) is 0 Å². The van der Waals surface area contributed by atoms with Gasteiger partial charge >= 0.3 is 37.8 Å². The first kappa shape index (κ1) is 11.7. The third-order valence-corrected chi connectivity index (χ3v) is 0.873. The van der Waals surface area contributed by atoms with E-state index in [9.17, 15) is 9.09 Å². The molecule has 0 radical (unpaired) electrons. The Balaban J connectivity index is -0.000000180. The molecule has 0 N–H and O–H groups in total. The van der Waals surface area contributed by atoms with Crippen LogP contribution in [-0.2, 0) is 13.8 Å². The van der Waals surface area contributed by atoms with Gasteiger partial charge in [-0.2, -0.15) is 0 Å². The van der Waals surface area contributed by atoms with E-state index in [4.69, 9.17) is 0 Å². The molecule has 0 spiro atoms. The molecule has 0 saturated heterocycles. The molecule has 0 aromatic heterocycles. The molecule has 0 aliphatic rings. The van der Waals surface area contributed by atoms with Crippen LogP contribution in [0.25, 0.3) is 0 Å². The predicted octanol–water partition coefficient (Wildman–Crippen LogP) is -1.30. The van der Waals surface area contributed by atoms with Crippen molar-refractivity contribution < 1.29 is 49.3 Å². The SMILES string of the molecule is CCO[P+](=O)OF.[H-].[Na+]. The zero-order valence-corrected chi connectivity index (χ0v) is 7.65. The van der Waals surface area contributed by atoms with Gasteiger partial charge in [-0.15, -0.1) is 4.52 Å². The van der Waals surface area contributed by atoms with Crippen molar-refractivity contribution in [2.75, 3.05) is 6.61 Å². The van der Waals surface area contributed by atoms with Gasteiger partial charge in [0.15, 0.2) is 0 Å². The summed E-state index contributed by atoms with van der Waals surface area (Å²) >= 11 is 0. The summed E-state index contributed by atoms with van der Waals surface area (Å²) in [7, 11) is -2.50. The van der Waals surface area contributed by atoms with Crippen molar-refractivity contribution in [1.29, 1.82) is 0 Å². The number of rotatable bonds is 3. The minimum atomic E-state index is -2.50. The van der Waals surface area contributed by atoms with E-state index in [1.54, 1.807) is 6.92 Å². The molecule has 8 heavy (non-hydrogen) atoms. The molecular formula is C2H6FNaO3P+. The van der Waals surface area contributed by atoms with Crippen LogP contribution in [0.1, 0.15) is 8.35 Å². The summed E-state index contributed by atoms with van der Waals surface area (Å²) in [5.41, 5.74) is 0. The van der Waals surface area contributed by atoms with E-state index < -0.39 is 8.25 Å². The fourth-order valence-corrected chi connectivity index (χ4v) is 0.376. The second-order valence-electron chi connectivity index (χ2n) is 0.710. The van der Waals surface area contributed by atoms with Crippen LogP contribution in [-0.4, -0.2) is 6.61 Å². The molecule has 44 valence electrons. The third kappa shape index (κ3) is 6.95. The van der Waals surface area contributed by atoms with Crippen LogP contribution in [0.5, 0.6) is 0 Å². The summed E-state index contributed by atoms with van der Waals surface area (Å²) in [5.74, 6) is 0. The van der Waals surface area contributed by atoms with Crippen molar-refractivity contribution in [1.82, 2.24) is 0 Å². The number of halogens is 1. The maximum atomic E-state index is 10.7. The van der Waals surface area contributed by atoms with Crippen LogP contribution in [0.2, 0.25) is 0 Å². The monoisotopic (exact) mass is 151 g/mol. The van der Waals surface area contributed by atoms with E-state index in [0.29, 0.717) is 0 Å². The Hall–Kier alpha value is 0.950. The summed E-state index contributed by atoms with van der Waals surface area (Å²) in [5, 5.41) is 0. The van der Waals surface area contributed by atoms with E-state index in [-0.39, 0.29) is 37.6 Å². The first-order chi connectivity index (χ1) is 3.31. The van der Waals surface area contributed by atoms with Gasteiger partial charge in [0.25, 0.3) is 0 Å². The minimum absolute atomic E-state index is 0. The van der Waals surface area contributed by atoms with Crippen LogP contribution in [0.4, 0.5) is 4.53 Å². The zero-order chi connectivity index (χ0) is 5.70. The Morgan fingerprint density at radius 2 is 2.38 bits per heavy atom. The van der Waals surface area contributed by atoms with Gasteiger partial charge in [0.2, 0.25) is 0 Å². The second-order valence-corrected chi connectivity index (χ2v) is 1.55. The van der Waals surface area contributed by atoms with Crippen molar-refractivity contribution in [2.24, 2.45) is 0 Å². The average Bonchev–Trinajstić information content (AvgIpc) is 1.68. The van der Waals surface area contributed by atoms with Crippen molar-refractivity contribution in [2.45, 2.75) is 6.92 Å². The molecule has 6 heteroatoms. The topological polar surface area (TPSA) is 35.5 Å². The van der Waals surface area contributed by atoms with E-state index in [0.717, 1.165) is 0 Å². The molecule has 0 bridgehead atoms. The van der Waals surface area contributed by atoms with Gasteiger partial charge in [-0.3, -0.25) is 0 Å². The summed E-state index contributed by atoms with van der Waals surface area (Å²) in [6.07, 6.45) is 0. The van der Waals surface area contributed by atoms with Crippen LogP contribution >= 0.6 is 8.25 Å². The fourth-order valence-electron chi connectivity index (χ4n) is 0.125. The fraction of sp³-hybridized carbons (Fsp3) is 1.00. The summed E-state index contributed by atoms with van der Waals surface area (Å²) in [6.45, 7) is 1.78. The molecule has 0 rings (SSSR count). The first-order valence-electron chi connectivity index (χ1n) is 1.70. The second kappa shape index (κ2) is 7.95. The van der Waals surface area contributed by atoms with Gasteiger partial charge in [-0.25, -0.2) is 0 Å². The van der Waals surface area contributed by atoms with Crippen molar-refractivity contribution in [3.05, 3.63) is 0 Å². The van der Waals surface area contributed by atoms with Crippen molar-refractivity contribution in [3.8, 4) is 0 Å². The van der Waals surface area contributed by atoms with Gasteiger partial charge in [0, 0.05) is 9.09 Å². The average molecular weight is 151 g/mol. The molecule has 0 amide bonds. The molecule has 0 aromatic carbocycles. The van der Waals surface area contributed by atoms with E-state index >= 15 is 0 Å². The van der Waals surface area contributed by atoms with Crippen molar-refractivity contribution >= 4 is 8.25 Å². The van der Waals surface area contributed by atoms with Gasteiger partial charge < -0.3 is 1.43 Å². The molecular weight excluding hydrogens is 145 g/mol. The van der Waals surface area contributed by atoms with Crippen LogP contribution < -0.4 is 29.6 Å². The summed E-state index contributed by atoms with van der Waals surface area (Å²) in [4.78, 5) is 0. The molecule has 3 nitrogen and oxygen atoms in total. The maximum absolute atomic E-state index is 10.7. The smallest absolute Gasteiger partial charge is 1.00 e. The Kier molecular flexibility index (Phi) is 11.6. The Bertz CT molecular complexity index is 74.8. The Morgan fingerprint density at radius 1 is 1.88 bits per heavy atom. The molecule has 0 aliphatic carbocycles. The van der Waals surface area contributed by atoms with Crippen LogP contribution in [0.3, 0.4) is 0 Å².